The third-order valence-electron chi connectivity index (χ3n) is 6.02. The molecule has 24 nitrogen and oxygen atoms in total. The van der Waals surface area contributed by atoms with Crippen LogP contribution >= 0.6 is 0 Å². The smallest absolute Gasteiger partial charge is 0.396 e. The van der Waals surface area contributed by atoms with E-state index >= 15 is 0 Å². The van der Waals surface area contributed by atoms with E-state index in [1.807, 2.05) is 0 Å². The van der Waals surface area contributed by atoms with Gasteiger partial charge >= 0.3 is 20.8 Å². The number of azo groups is 2. The summed E-state index contributed by atoms with van der Waals surface area (Å²) in [5.41, 5.74) is 8.48. The number of hydrogen-bond acceptors (Lipinski definition) is 20. The number of hydrogen-bond donors (Lipinski definition) is 6. The van der Waals surface area contributed by atoms with Crippen molar-refractivity contribution in [1.82, 2.24) is 0 Å². The average molecular weight is 853 g/mol. The molecule has 0 saturated carbocycles. The zero-order chi connectivity index (χ0) is 39.5. The lowest BCUT2D eigenvalue weighted by Crippen LogP contribution is -2.16. The highest BCUT2D eigenvalue weighted by Crippen LogP contribution is 2.43. The summed E-state index contributed by atoms with van der Waals surface area (Å²) in [5.74, 6) is -1.97. The minimum absolute atomic E-state index is 0.0707. The Hall–Kier alpha value is -4.08. The Morgan fingerprint density at radius 1 is 0.519 bits per heavy atom. The molecule has 52 heavy (non-hydrogen) atoms. The summed E-state index contributed by atoms with van der Waals surface area (Å²) < 4.78 is 185. The monoisotopic (exact) mass is 852 g/mol. The molecule has 0 aliphatic rings. The van der Waals surface area contributed by atoms with Crippen LogP contribution in [0.5, 0.6) is 0 Å². The van der Waals surface area contributed by atoms with Crippen molar-refractivity contribution in [3.63, 3.8) is 0 Å². The first-order valence-electron chi connectivity index (χ1n) is 13.0. The Morgan fingerprint density at radius 3 is 1.48 bits per heavy atom. The molecule has 3 rings (SSSR count). The molecule has 3 aromatic rings. The van der Waals surface area contributed by atoms with Crippen LogP contribution in [0.4, 0.5) is 34.1 Å². The van der Waals surface area contributed by atoms with E-state index in [2.05, 4.69) is 28.8 Å². The van der Waals surface area contributed by atoms with E-state index in [0.29, 0.717) is 24.3 Å². The van der Waals surface area contributed by atoms with Crippen LogP contribution in [0.25, 0.3) is 0 Å². The summed E-state index contributed by atoms with van der Waals surface area (Å²) >= 11 is 0. The van der Waals surface area contributed by atoms with Gasteiger partial charge in [0, 0.05) is 0 Å². The second-order valence-electron chi connectivity index (χ2n) is 9.71. The number of sulfone groups is 2. The van der Waals surface area contributed by atoms with Gasteiger partial charge < -0.3 is 11.5 Å². The Balaban J connectivity index is 2.05. The van der Waals surface area contributed by atoms with Crippen LogP contribution in [-0.4, -0.2) is 93.4 Å². The maximum atomic E-state index is 12.7. The minimum Gasteiger partial charge on any atom is -0.396 e. The second kappa shape index (κ2) is 15.5. The highest BCUT2D eigenvalue weighted by molar-refractivity contribution is 7.92. The van der Waals surface area contributed by atoms with Gasteiger partial charge in [0.05, 0.1) is 62.2 Å². The van der Waals surface area contributed by atoms with E-state index in [-0.39, 0.29) is 10.6 Å². The first kappa shape index (κ1) is 42.3. The van der Waals surface area contributed by atoms with Gasteiger partial charge in [0.15, 0.2) is 19.7 Å². The Bertz CT molecular complexity index is 2610. The predicted molar refractivity (Wildman–Crippen MR) is 175 cm³/mol. The number of nitrogen functional groups attached to an aromatic ring is 2. The third kappa shape index (κ3) is 12.0. The molecule has 0 aliphatic heterocycles. The van der Waals surface area contributed by atoms with Gasteiger partial charge in [-0.05, 0) is 48.5 Å². The first-order valence-corrected chi connectivity index (χ1v) is 22.0. The Labute approximate surface area is 295 Å². The normalized spacial score (nSPS) is 13.6. The van der Waals surface area contributed by atoms with Gasteiger partial charge in [-0.2, -0.15) is 43.9 Å². The van der Waals surface area contributed by atoms with E-state index in [0.717, 1.165) is 24.3 Å². The topological polar surface area (TPSA) is 406 Å². The molecule has 0 heterocycles. The SMILES string of the molecule is Nc1c(N=Nc2ccc(S(=O)(=O)CCOS(=O)(=O)O)cc2)cc(S(=O)(=O)O)c(N)c1N=Nc1cc(S(=O)(=O)O)cc(S(=O)(=O)CCOS(=O)(=O)O)c1. The molecule has 0 amide bonds. The van der Waals surface area contributed by atoms with Gasteiger partial charge in [0.2, 0.25) is 0 Å². The average Bonchev–Trinajstić information content (AvgIpc) is 2.98. The summed E-state index contributed by atoms with van der Waals surface area (Å²) in [6.07, 6.45) is 0. The molecule has 0 bridgehead atoms. The lowest BCUT2D eigenvalue weighted by atomic mass is 10.2. The Morgan fingerprint density at radius 2 is 1.00 bits per heavy atom. The first-order chi connectivity index (χ1) is 23.6. The van der Waals surface area contributed by atoms with Crippen LogP contribution in [0.15, 0.2) is 88.6 Å². The molecule has 30 heteroatoms. The Kier molecular flexibility index (Phi) is 12.6. The molecule has 3 aromatic carbocycles. The van der Waals surface area contributed by atoms with Crippen LogP contribution < -0.4 is 11.5 Å². The molecule has 0 spiro atoms. The van der Waals surface area contributed by atoms with Crippen molar-refractivity contribution in [2.24, 2.45) is 20.5 Å². The number of rotatable bonds is 16. The van der Waals surface area contributed by atoms with E-state index in [4.69, 9.17) is 20.6 Å². The predicted octanol–water partition coefficient (Wildman–Crippen LogP) is 1.36. The molecule has 0 unspecified atom stereocenters. The highest BCUT2D eigenvalue weighted by atomic mass is 32.3. The zero-order valence-electron chi connectivity index (χ0n) is 25.3. The van der Waals surface area contributed by atoms with Crippen molar-refractivity contribution in [1.29, 1.82) is 0 Å². The van der Waals surface area contributed by atoms with Crippen LogP contribution in [0, 0.1) is 0 Å². The zero-order valence-corrected chi connectivity index (χ0v) is 30.2. The third-order valence-corrected chi connectivity index (χ3v) is 12.0. The maximum Gasteiger partial charge on any atom is 0.397 e. The fraction of sp³-hybridized carbons (Fsp3) is 0.182. The second-order valence-corrected chi connectivity index (χ2v) is 18.9. The summed E-state index contributed by atoms with van der Waals surface area (Å²) in [6.45, 7) is -2.00. The fourth-order valence-corrected chi connectivity index (χ4v) is 7.97. The van der Waals surface area contributed by atoms with Crippen molar-refractivity contribution < 1.29 is 77.1 Å². The van der Waals surface area contributed by atoms with Crippen molar-refractivity contribution in [3.8, 4) is 0 Å². The fourth-order valence-electron chi connectivity index (χ4n) is 3.68. The molecule has 8 N–H and O–H groups in total. The van der Waals surface area contributed by atoms with E-state index in [1.54, 1.807) is 0 Å². The van der Waals surface area contributed by atoms with Crippen LogP contribution in [0.2, 0.25) is 0 Å². The number of nitrogens with two attached hydrogens (primary N) is 2. The number of nitrogens with zero attached hydrogens (tertiary/aromatic N) is 4. The van der Waals surface area contributed by atoms with Gasteiger partial charge in [-0.3, -0.25) is 18.2 Å². The van der Waals surface area contributed by atoms with Crippen LogP contribution in [-0.2, 0) is 69.1 Å². The van der Waals surface area contributed by atoms with E-state index in [1.165, 1.54) is 0 Å². The van der Waals surface area contributed by atoms with Gasteiger partial charge in [0.1, 0.15) is 16.3 Å². The molecule has 286 valence electrons. The lowest BCUT2D eigenvalue weighted by molar-refractivity contribution is 0.282. The maximum absolute atomic E-state index is 12.7. The summed E-state index contributed by atoms with van der Waals surface area (Å²) in [7, 11) is -28.9. The quantitative estimate of drug-likeness (QED) is 0.0673. The number of benzene rings is 3. The summed E-state index contributed by atoms with van der Waals surface area (Å²) in [5, 5.41) is 14.8. The molecular weight excluding hydrogens is 829 g/mol. The lowest BCUT2D eigenvalue weighted by Gasteiger charge is -2.11. The van der Waals surface area contributed by atoms with Gasteiger partial charge in [-0.1, -0.05) is 0 Å². The van der Waals surface area contributed by atoms with E-state index in [9.17, 15) is 59.6 Å². The molecule has 0 saturated heterocycles. The van der Waals surface area contributed by atoms with Gasteiger partial charge in [-0.15, -0.1) is 10.2 Å². The molecule has 0 atom stereocenters. The van der Waals surface area contributed by atoms with Crippen molar-refractivity contribution in [2.45, 2.75) is 19.6 Å². The van der Waals surface area contributed by atoms with Crippen LogP contribution in [0.1, 0.15) is 0 Å². The molecular formula is C22H24N6O18S6. The molecule has 0 aromatic heterocycles. The van der Waals surface area contributed by atoms with Crippen LogP contribution in [0.3, 0.4) is 0 Å². The highest BCUT2D eigenvalue weighted by Gasteiger charge is 2.24. The molecule has 0 radical (unpaired) electrons. The van der Waals surface area contributed by atoms with Crippen molar-refractivity contribution in [2.75, 3.05) is 36.2 Å². The molecule has 0 aliphatic carbocycles. The van der Waals surface area contributed by atoms with Crippen molar-refractivity contribution in [3.05, 3.63) is 48.5 Å². The standard InChI is InChI=1S/C22H24N6O18S6/c23-20-18(27-25-13-1-3-15(4-2-13)47(29,30)7-5-45-51(39,40)41)12-19(50(36,37)38)21(24)22(20)28-26-14-9-16(11-17(10-14)49(33,34)35)48(31,32)8-6-46-52(42,43)44/h1-4,9-12H,5-8,23-24H2,(H,33,34,35)(H,36,37,38)(H,39,40,41)(H,42,43,44). The van der Waals surface area contributed by atoms with Crippen molar-refractivity contribution >= 4 is 94.8 Å². The summed E-state index contributed by atoms with van der Waals surface area (Å²) in [6, 6.07) is 6.71. The van der Waals surface area contributed by atoms with E-state index < -0.39 is 129 Å². The van der Waals surface area contributed by atoms with Gasteiger partial charge in [0.25, 0.3) is 20.2 Å². The summed E-state index contributed by atoms with van der Waals surface area (Å²) in [4.78, 5) is -3.28. The number of anilines is 2. The minimum atomic E-state index is -5.15. The molecule has 0 fully saturated rings. The van der Waals surface area contributed by atoms with Gasteiger partial charge in [-0.25, -0.2) is 25.2 Å². The largest absolute Gasteiger partial charge is 0.397 e.